The maximum Gasteiger partial charge on any atom is 0.289 e. The molecule has 2 aromatic heterocycles. The number of hydrogen-bond donors (Lipinski definition) is 4. The minimum atomic E-state index is -0.476. The fourth-order valence-electron chi connectivity index (χ4n) is 2.72. The van der Waals surface area contributed by atoms with Crippen LogP contribution in [0.1, 0.15) is 10.6 Å². The first-order valence-corrected chi connectivity index (χ1v) is 8.60. The molecule has 1 amide bonds. The molecule has 136 valence electrons. The van der Waals surface area contributed by atoms with Gasteiger partial charge in [0.2, 0.25) is 5.82 Å². The van der Waals surface area contributed by atoms with Crippen molar-refractivity contribution in [1.29, 1.82) is 0 Å². The lowest BCUT2D eigenvalue weighted by molar-refractivity contribution is 0.0935. The van der Waals surface area contributed by atoms with Crippen LogP contribution in [0.5, 0.6) is 0 Å². The molecule has 2 aromatic carbocycles. The Labute approximate surface area is 158 Å². The van der Waals surface area contributed by atoms with E-state index in [1.807, 2.05) is 24.3 Å². The van der Waals surface area contributed by atoms with E-state index in [0.29, 0.717) is 27.6 Å². The Morgan fingerprint density at radius 3 is 2.81 bits per heavy atom. The Morgan fingerprint density at radius 2 is 1.96 bits per heavy atom. The number of halogens is 1. The van der Waals surface area contributed by atoms with Crippen LogP contribution in [0.3, 0.4) is 0 Å². The van der Waals surface area contributed by atoms with E-state index in [2.05, 4.69) is 30.8 Å². The SMILES string of the molecule is O=C(NCCO)c1nc(Nc2n[nH]c3ccccc23)c2cc(Cl)ccc2n1. The Kier molecular flexibility index (Phi) is 4.57. The lowest BCUT2D eigenvalue weighted by Gasteiger charge is -2.10. The third kappa shape index (κ3) is 3.40. The van der Waals surface area contributed by atoms with Gasteiger partial charge in [-0.3, -0.25) is 9.89 Å². The fourth-order valence-corrected chi connectivity index (χ4v) is 2.89. The van der Waals surface area contributed by atoms with Crippen molar-refractivity contribution < 1.29 is 9.90 Å². The van der Waals surface area contributed by atoms with Crippen molar-refractivity contribution in [3.8, 4) is 0 Å². The lowest BCUT2D eigenvalue weighted by atomic mass is 10.2. The molecule has 0 aliphatic heterocycles. The second-order valence-corrected chi connectivity index (χ2v) is 6.22. The first-order valence-electron chi connectivity index (χ1n) is 8.22. The molecule has 0 unspecified atom stereocenters. The molecule has 27 heavy (non-hydrogen) atoms. The molecule has 0 atom stereocenters. The van der Waals surface area contributed by atoms with E-state index in [0.717, 1.165) is 10.9 Å². The molecule has 0 radical (unpaired) electrons. The van der Waals surface area contributed by atoms with Crippen LogP contribution in [0.4, 0.5) is 11.6 Å². The molecule has 4 aromatic rings. The minimum Gasteiger partial charge on any atom is -0.395 e. The maximum atomic E-state index is 12.3. The highest BCUT2D eigenvalue weighted by atomic mass is 35.5. The molecular weight excluding hydrogens is 368 g/mol. The van der Waals surface area contributed by atoms with E-state index in [1.165, 1.54) is 0 Å². The third-order valence-corrected chi connectivity index (χ3v) is 4.20. The van der Waals surface area contributed by atoms with Crippen LogP contribution in [0.25, 0.3) is 21.8 Å². The summed E-state index contributed by atoms with van der Waals surface area (Å²) in [4.78, 5) is 20.9. The number of fused-ring (bicyclic) bond motifs is 2. The third-order valence-electron chi connectivity index (χ3n) is 3.97. The summed E-state index contributed by atoms with van der Waals surface area (Å²) in [5.74, 6) is 0.498. The summed E-state index contributed by atoms with van der Waals surface area (Å²) in [7, 11) is 0. The molecule has 2 heterocycles. The number of amides is 1. The first kappa shape index (κ1) is 17.2. The first-order chi connectivity index (χ1) is 13.2. The standard InChI is InChI=1S/C18H15ClN6O2/c19-10-5-6-13-12(9-10)15(23-17(21-13)18(27)20-7-8-26)22-16-11-3-1-2-4-14(11)24-25-16/h1-6,9,26H,7-8H2,(H,20,27)(H2,21,22,23,24,25). The Morgan fingerprint density at radius 1 is 1.11 bits per heavy atom. The van der Waals surface area contributed by atoms with Crippen molar-refractivity contribution >= 4 is 50.9 Å². The molecular formula is C18H15ClN6O2. The van der Waals surface area contributed by atoms with Crippen molar-refractivity contribution in [3.63, 3.8) is 0 Å². The summed E-state index contributed by atoms with van der Waals surface area (Å²) in [5, 5.41) is 23.9. The van der Waals surface area contributed by atoms with Gasteiger partial charge in [-0.05, 0) is 30.3 Å². The van der Waals surface area contributed by atoms with Crippen molar-refractivity contribution in [2.75, 3.05) is 18.5 Å². The molecule has 4 N–H and O–H groups in total. The van der Waals surface area contributed by atoms with Crippen LogP contribution < -0.4 is 10.6 Å². The summed E-state index contributed by atoms with van der Waals surface area (Å²) < 4.78 is 0. The van der Waals surface area contributed by atoms with Gasteiger partial charge in [0.1, 0.15) is 5.82 Å². The van der Waals surface area contributed by atoms with Gasteiger partial charge in [-0.25, -0.2) is 9.97 Å². The van der Waals surface area contributed by atoms with E-state index >= 15 is 0 Å². The number of rotatable bonds is 5. The number of benzene rings is 2. The van der Waals surface area contributed by atoms with E-state index < -0.39 is 5.91 Å². The number of para-hydroxylation sites is 1. The molecule has 9 heteroatoms. The normalized spacial score (nSPS) is 11.0. The number of aromatic nitrogens is 4. The van der Waals surface area contributed by atoms with E-state index in [1.54, 1.807) is 18.2 Å². The molecule has 0 aliphatic carbocycles. The van der Waals surface area contributed by atoms with Crippen molar-refractivity contribution in [2.24, 2.45) is 0 Å². The number of carbonyl (C=O) groups is 1. The van der Waals surface area contributed by atoms with Crippen molar-refractivity contribution in [3.05, 3.63) is 53.3 Å². The maximum absolute atomic E-state index is 12.3. The molecule has 4 rings (SSSR count). The number of carbonyl (C=O) groups excluding carboxylic acids is 1. The van der Waals surface area contributed by atoms with Gasteiger partial charge in [0.05, 0.1) is 17.6 Å². The van der Waals surface area contributed by atoms with E-state index in [9.17, 15) is 4.79 Å². The highest BCUT2D eigenvalue weighted by Crippen LogP contribution is 2.28. The molecule has 0 aliphatic rings. The van der Waals surface area contributed by atoms with Gasteiger partial charge in [0.15, 0.2) is 5.82 Å². The molecule has 0 fully saturated rings. The monoisotopic (exact) mass is 382 g/mol. The second kappa shape index (κ2) is 7.18. The number of aromatic amines is 1. The van der Waals surface area contributed by atoms with Crippen molar-refractivity contribution in [1.82, 2.24) is 25.5 Å². The van der Waals surface area contributed by atoms with Gasteiger partial charge in [0, 0.05) is 22.3 Å². The van der Waals surface area contributed by atoms with Crippen LogP contribution in [0.15, 0.2) is 42.5 Å². The smallest absolute Gasteiger partial charge is 0.289 e. The number of H-pyrrole nitrogens is 1. The highest BCUT2D eigenvalue weighted by molar-refractivity contribution is 6.31. The molecule has 0 bridgehead atoms. The summed E-state index contributed by atoms with van der Waals surface area (Å²) >= 11 is 6.13. The summed E-state index contributed by atoms with van der Waals surface area (Å²) in [6.07, 6.45) is 0. The topological polar surface area (TPSA) is 116 Å². The molecule has 0 spiro atoms. The van der Waals surface area contributed by atoms with Crippen LogP contribution in [-0.4, -0.2) is 44.3 Å². The van der Waals surface area contributed by atoms with E-state index in [-0.39, 0.29) is 19.0 Å². The van der Waals surface area contributed by atoms with Gasteiger partial charge in [-0.2, -0.15) is 5.10 Å². The average Bonchev–Trinajstić information content (AvgIpc) is 3.09. The Bertz CT molecular complexity index is 1140. The fraction of sp³-hybridized carbons (Fsp3) is 0.111. The van der Waals surface area contributed by atoms with Gasteiger partial charge in [-0.15, -0.1) is 0 Å². The summed E-state index contributed by atoms with van der Waals surface area (Å²) in [6.45, 7) is -0.0487. The van der Waals surface area contributed by atoms with E-state index in [4.69, 9.17) is 16.7 Å². The zero-order valence-electron chi connectivity index (χ0n) is 14.0. The largest absolute Gasteiger partial charge is 0.395 e. The molecule has 8 nitrogen and oxygen atoms in total. The number of hydrogen-bond acceptors (Lipinski definition) is 6. The zero-order valence-corrected chi connectivity index (χ0v) is 14.8. The van der Waals surface area contributed by atoms with Crippen LogP contribution in [-0.2, 0) is 0 Å². The Balaban J connectivity index is 1.81. The van der Waals surface area contributed by atoms with Gasteiger partial charge in [0.25, 0.3) is 5.91 Å². The van der Waals surface area contributed by atoms with Crippen molar-refractivity contribution in [2.45, 2.75) is 0 Å². The second-order valence-electron chi connectivity index (χ2n) is 5.78. The number of nitrogens with zero attached hydrogens (tertiary/aromatic N) is 3. The summed E-state index contributed by atoms with van der Waals surface area (Å²) in [5.41, 5.74) is 1.43. The number of aliphatic hydroxyl groups is 1. The molecule has 0 saturated heterocycles. The lowest BCUT2D eigenvalue weighted by Crippen LogP contribution is -2.28. The van der Waals surface area contributed by atoms with Crippen LogP contribution in [0.2, 0.25) is 5.02 Å². The van der Waals surface area contributed by atoms with Gasteiger partial charge >= 0.3 is 0 Å². The molecule has 0 saturated carbocycles. The zero-order chi connectivity index (χ0) is 18.8. The number of aliphatic hydroxyl groups excluding tert-OH is 1. The van der Waals surface area contributed by atoms with Gasteiger partial charge in [-0.1, -0.05) is 23.7 Å². The predicted octanol–water partition coefficient (Wildman–Crippen LogP) is 2.63. The van der Waals surface area contributed by atoms with Crippen LogP contribution in [0, 0.1) is 0 Å². The average molecular weight is 383 g/mol. The summed E-state index contributed by atoms with van der Waals surface area (Å²) in [6, 6.07) is 12.8. The van der Waals surface area contributed by atoms with Gasteiger partial charge < -0.3 is 15.7 Å². The quantitative estimate of drug-likeness (QED) is 0.421. The number of nitrogens with one attached hydrogen (secondary N) is 3. The highest BCUT2D eigenvalue weighted by Gasteiger charge is 2.16. The number of anilines is 2. The Hall–Kier alpha value is -3.23. The minimum absolute atomic E-state index is 0.0133. The van der Waals surface area contributed by atoms with Crippen LogP contribution >= 0.6 is 11.6 Å². The predicted molar refractivity (Wildman–Crippen MR) is 103 cm³/mol.